The second-order valence-corrected chi connectivity index (χ2v) is 6.58. The van der Waals surface area contributed by atoms with Crippen LogP contribution >= 0.6 is 11.8 Å². The lowest BCUT2D eigenvalue weighted by Crippen LogP contribution is -2.49. The predicted molar refractivity (Wildman–Crippen MR) is 74.7 cm³/mol. The van der Waals surface area contributed by atoms with Gasteiger partial charge in [-0.25, -0.2) is 9.59 Å². The molecule has 8 heteroatoms. The molecule has 1 fully saturated rings. The first-order valence-corrected chi connectivity index (χ1v) is 7.33. The molecule has 7 nitrogen and oxygen atoms in total. The summed E-state index contributed by atoms with van der Waals surface area (Å²) in [5.41, 5.74) is 0. The number of carboxylic acid groups (broad SMARTS) is 1. The third-order valence-corrected chi connectivity index (χ3v) is 4.66. The van der Waals surface area contributed by atoms with Crippen molar-refractivity contribution in [3.63, 3.8) is 0 Å². The SMILES string of the molecule is COC(=O)C[C@H](NC(=O)NCC1(C)CCCS1)C(=O)O. The van der Waals surface area contributed by atoms with Crippen molar-refractivity contribution < 1.29 is 24.2 Å². The third-order valence-electron chi connectivity index (χ3n) is 3.13. The first-order valence-electron chi connectivity index (χ1n) is 6.34. The Labute approximate surface area is 121 Å². The Kier molecular flexibility index (Phi) is 6.12. The van der Waals surface area contributed by atoms with Crippen LogP contribution in [0.3, 0.4) is 0 Å². The smallest absolute Gasteiger partial charge is 0.326 e. The van der Waals surface area contributed by atoms with Gasteiger partial charge in [-0.2, -0.15) is 11.8 Å². The summed E-state index contributed by atoms with van der Waals surface area (Å²) in [6.45, 7) is 2.53. The van der Waals surface area contributed by atoms with Gasteiger partial charge in [-0.15, -0.1) is 0 Å². The van der Waals surface area contributed by atoms with Crippen LogP contribution in [0, 0.1) is 0 Å². The third kappa shape index (κ3) is 5.28. The topological polar surface area (TPSA) is 105 Å². The number of esters is 1. The van der Waals surface area contributed by atoms with Crippen LogP contribution in [-0.2, 0) is 14.3 Å². The zero-order chi connectivity index (χ0) is 15.2. The molecule has 0 radical (unpaired) electrons. The molecule has 0 aliphatic carbocycles. The van der Waals surface area contributed by atoms with E-state index >= 15 is 0 Å². The summed E-state index contributed by atoms with van der Waals surface area (Å²) in [6, 6.07) is -1.87. The number of nitrogens with one attached hydrogen (secondary N) is 2. The largest absolute Gasteiger partial charge is 0.480 e. The van der Waals surface area contributed by atoms with Gasteiger partial charge in [0.15, 0.2) is 0 Å². The van der Waals surface area contributed by atoms with Gasteiger partial charge in [-0.1, -0.05) is 0 Å². The second-order valence-electron chi connectivity index (χ2n) is 4.90. The van der Waals surface area contributed by atoms with Crippen LogP contribution in [0.25, 0.3) is 0 Å². The highest BCUT2D eigenvalue weighted by atomic mass is 32.2. The lowest BCUT2D eigenvalue weighted by molar-refractivity contribution is -0.147. The number of carbonyl (C=O) groups excluding carboxylic acids is 2. The summed E-state index contributed by atoms with van der Waals surface area (Å²) in [7, 11) is 1.17. The van der Waals surface area contributed by atoms with E-state index in [0.717, 1.165) is 18.6 Å². The summed E-state index contributed by atoms with van der Waals surface area (Å²) >= 11 is 1.79. The van der Waals surface area contributed by atoms with Gasteiger partial charge >= 0.3 is 18.0 Å². The van der Waals surface area contributed by atoms with Crippen LogP contribution in [0.5, 0.6) is 0 Å². The molecule has 3 N–H and O–H groups in total. The van der Waals surface area contributed by atoms with E-state index in [1.54, 1.807) is 11.8 Å². The molecule has 0 bridgehead atoms. The molecule has 114 valence electrons. The van der Waals surface area contributed by atoms with Gasteiger partial charge in [0, 0.05) is 11.3 Å². The number of ether oxygens (including phenoxy) is 1. The molecule has 1 aliphatic rings. The molecular weight excluding hydrogens is 284 g/mol. The Bertz CT molecular complexity index is 382. The number of thioether (sulfide) groups is 1. The number of hydrogen-bond donors (Lipinski definition) is 3. The van der Waals surface area contributed by atoms with E-state index < -0.39 is 30.4 Å². The van der Waals surface area contributed by atoms with E-state index in [1.165, 1.54) is 7.11 Å². The molecule has 1 unspecified atom stereocenters. The Morgan fingerprint density at radius 1 is 1.45 bits per heavy atom. The monoisotopic (exact) mass is 304 g/mol. The molecule has 0 aromatic carbocycles. The average Bonchev–Trinajstić information content (AvgIpc) is 2.83. The molecule has 0 aromatic heterocycles. The number of amides is 2. The number of hydrogen-bond acceptors (Lipinski definition) is 5. The van der Waals surface area contributed by atoms with Crippen molar-refractivity contribution >= 4 is 29.7 Å². The molecule has 1 saturated heterocycles. The molecule has 1 rings (SSSR count). The molecule has 0 saturated carbocycles. The molecule has 2 atom stereocenters. The normalized spacial score (nSPS) is 22.9. The summed E-state index contributed by atoms with van der Waals surface area (Å²) in [6.07, 6.45) is 1.73. The fourth-order valence-corrected chi connectivity index (χ4v) is 3.15. The quantitative estimate of drug-likeness (QED) is 0.620. The predicted octanol–water partition coefficient (Wildman–Crippen LogP) is 0.588. The zero-order valence-electron chi connectivity index (χ0n) is 11.6. The van der Waals surface area contributed by atoms with Crippen molar-refractivity contribution in [1.29, 1.82) is 0 Å². The first kappa shape index (κ1) is 16.6. The van der Waals surface area contributed by atoms with Gasteiger partial charge in [-0.05, 0) is 25.5 Å². The first-order chi connectivity index (χ1) is 9.36. The lowest BCUT2D eigenvalue weighted by atomic mass is 10.1. The van der Waals surface area contributed by atoms with Crippen LogP contribution in [0.2, 0.25) is 0 Å². The number of aliphatic carboxylic acids is 1. The van der Waals surface area contributed by atoms with Crippen LogP contribution in [-0.4, -0.2) is 53.3 Å². The van der Waals surface area contributed by atoms with Crippen molar-refractivity contribution in [2.24, 2.45) is 0 Å². The number of carboxylic acids is 1. The minimum absolute atomic E-state index is 0.00158. The fraction of sp³-hybridized carbons (Fsp3) is 0.750. The highest BCUT2D eigenvalue weighted by Crippen LogP contribution is 2.36. The Balaban J connectivity index is 2.41. The maximum Gasteiger partial charge on any atom is 0.326 e. The Morgan fingerprint density at radius 2 is 2.15 bits per heavy atom. The van der Waals surface area contributed by atoms with Crippen molar-refractivity contribution in [3.05, 3.63) is 0 Å². The fourth-order valence-electron chi connectivity index (χ4n) is 1.90. The lowest BCUT2D eigenvalue weighted by Gasteiger charge is -2.23. The molecule has 1 aliphatic heterocycles. The van der Waals surface area contributed by atoms with Crippen molar-refractivity contribution in [2.45, 2.75) is 37.0 Å². The van der Waals surface area contributed by atoms with E-state index in [1.807, 2.05) is 0 Å². The number of rotatable bonds is 6. The van der Waals surface area contributed by atoms with E-state index in [2.05, 4.69) is 22.3 Å². The number of methoxy groups -OCH3 is 1. The highest BCUT2D eigenvalue weighted by Gasteiger charge is 2.30. The van der Waals surface area contributed by atoms with Crippen molar-refractivity contribution in [1.82, 2.24) is 10.6 Å². The van der Waals surface area contributed by atoms with E-state index in [-0.39, 0.29) is 4.75 Å². The van der Waals surface area contributed by atoms with Crippen LogP contribution in [0.1, 0.15) is 26.2 Å². The highest BCUT2D eigenvalue weighted by molar-refractivity contribution is 8.00. The molecule has 2 amide bonds. The summed E-state index contributed by atoms with van der Waals surface area (Å²) in [5, 5.41) is 13.9. The molecule has 20 heavy (non-hydrogen) atoms. The molecule has 0 spiro atoms. The minimum Gasteiger partial charge on any atom is -0.480 e. The second kappa shape index (κ2) is 7.37. The van der Waals surface area contributed by atoms with Crippen LogP contribution < -0.4 is 10.6 Å². The Hall–Kier alpha value is -1.44. The number of urea groups is 1. The van der Waals surface area contributed by atoms with Gasteiger partial charge in [0.2, 0.25) is 0 Å². The van der Waals surface area contributed by atoms with Crippen molar-refractivity contribution in [3.8, 4) is 0 Å². The van der Waals surface area contributed by atoms with E-state index in [4.69, 9.17) is 5.11 Å². The maximum atomic E-state index is 11.7. The zero-order valence-corrected chi connectivity index (χ0v) is 12.4. The van der Waals surface area contributed by atoms with Gasteiger partial charge in [0.1, 0.15) is 6.04 Å². The maximum absolute atomic E-state index is 11.7. The van der Waals surface area contributed by atoms with Gasteiger partial charge in [0.05, 0.1) is 13.5 Å². The van der Waals surface area contributed by atoms with E-state index in [0.29, 0.717) is 6.54 Å². The molecule has 0 aromatic rings. The molecular formula is C12H20N2O5S. The van der Waals surface area contributed by atoms with E-state index in [9.17, 15) is 14.4 Å². The average molecular weight is 304 g/mol. The van der Waals surface area contributed by atoms with Gasteiger partial charge in [-0.3, -0.25) is 4.79 Å². The van der Waals surface area contributed by atoms with Gasteiger partial charge in [0.25, 0.3) is 0 Å². The summed E-state index contributed by atoms with van der Waals surface area (Å²) < 4.78 is 4.39. The number of carbonyl (C=O) groups is 3. The summed E-state index contributed by atoms with van der Waals surface area (Å²) in [5.74, 6) is -0.886. The Morgan fingerprint density at radius 3 is 2.65 bits per heavy atom. The standard InChI is InChI=1S/C12H20N2O5S/c1-12(4-3-5-20-12)7-13-11(18)14-8(10(16)17)6-9(15)19-2/h8H,3-7H2,1-2H3,(H,16,17)(H2,13,14,18)/t8-,12?/m0/s1. The van der Waals surface area contributed by atoms with Crippen molar-refractivity contribution in [2.75, 3.05) is 19.4 Å². The summed E-state index contributed by atoms with van der Waals surface area (Å²) in [4.78, 5) is 33.7. The minimum atomic E-state index is -1.29. The van der Waals surface area contributed by atoms with Crippen LogP contribution in [0.15, 0.2) is 0 Å². The van der Waals surface area contributed by atoms with Gasteiger partial charge < -0.3 is 20.5 Å². The molecule has 1 heterocycles. The van der Waals surface area contributed by atoms with Crippen LogP contribution in [0.4, 0.5) is 4.79 Å².